The molecule has 1 aliphatic carbocycles. The lowest BCUT2D eigenvalue weighted by Gasteiger charge is -2.05. The Bertz CT molecular complexity index is 296. The first-order valence-electron chi connectivity index (χ1n) is 5.18. The fourth-order valence-electron chi connectivity index (χ4n) is 1.26. The van der Waals surface area contributed by atoms with E-state index in [-0.39, 0.29) is 6.79 Å². The molecule has 0 bridgehead atoms. The van der Waals surface area contributed by atoms with E-state index in [0.717, 1.165) is 24.0 Å². The van der Waals surface area contributed by atoms with E-state index in [4.69, 9.17) is 9.47 Å². The van der Waals surface area contributed by atoms with Crippen molar-refractivity contribution in [3.63, 3.8) is 0 Å². The van der Waals surface area contributed by atoms with Crippen molar-refractivity contribution in [3.8, 4) is 5.75 Å². The average Bonchev–Trinajstić information content (AvgIpc) is 3.09. The van der Waals surface area contributed by atoms with Gasteiger partial charge in [0.1, 0.15) is 5.75 Å². The first kappa shape index (κ1) is 10.4. The van der Waals surface area contributed by atoms with E-state index in [1.54, 1.807) is 13.3 Å². The second-order valence-corrected chi connectivity index (χ2v) is 3.69. The van der Waals surface area contributed by atoms with Crippen molar-refractivity contribution in [1.29, 1.82) is 0 Å². The van der Waals surface area contributed by atoms with Crippen molar-refractivity contribution in [1.82, 2.24) is 10.3 Å². The summed E-state index contributed by atoms with van der Waals surface area (Å²) in [6.07, 6.45) is 4.33. The summed E-state index contributed by atoms with van der Waals surface area (Å²) in [5.74, 6) is 0.743. The van der Waals surface area contributed by atoms with Crippen LogP contribution in [0.3, 0.4) is 0 Å². The fourth-order valence-corrected chi connectivity index (χ4v) is 1.26. The standard InChI is InChI=1S/C11H16N2O2/c1-14-8-15-11-5-4-10(13-7-11)6-12-9-2-3-9/h4-5,7,9,12H,2-3,6,8H2,1H3. The molecule has 0 saturated heterocycles. The van der Waals surface area contributed by atoms with Gasteiger partial charge in [0.25, 0.3) is 0 Å². The van der Waals surface area contributed by atoms with Crippen molar-refractivity contribution in [2.75, 3.05) is 13.9 Å². The van der Waals surface area contributed by atoms with E-state index < -0.39 is 0 Å². The molecule has 1 aromatic heterocycles. The predicted molar refractivity (Wildman–Crippen MR) is 56.6 cm³/mol. The third-order valence-corrected chi connectivity index (χ3v) is 2.29. The van der Waals surface area contributed by atoms with Crippen molar-refractivity contribution < 1.29 is 9.47 Å². The number of hydrogen-bond acceptors (Lipinski definition) is 4. The van der Waals surface area contributed by atoms with Crippen LogP contribution in [0.2, 0.25) is 0 Å². The van der Waals surface area contributed by atoms with Crippen LogP contribution in [0.1, 0.15) is 18.5 Å². The summed E-state index contributed by atoms with van der Waals surface area (Å²) in [7, 11) is 1.60. The number of hydrogen-bond donors (Lipinski definition) is 1. The number of nitrogens with zero attached hydrogens (tertiary/aromatic N) is 1. The molecule has 1 fully saturated rings. The Labute approximate surface area is 89.6 Å². The van der Waals surface area contributed by atoms with Crippen LogP contribution in [-0.2, 0) is 11.3 Å². The molecule has 0 unspecified atom stereocenters. The number of ether oxygens (including phenoxy) is 2. The van der Waals surface area contributed by atoms with Crippen molar-refractivity contribution in [2.24, 2.45) is 0 Å². The second-order valence-electron chi connectivity index (χ2n) is 3.69. The summed E-state index contributed by atoms with van der Waals surface area (Å²) in [5.41, 5.74) is 1.05. The first-order chi connectivity index (χ1) is 7.38. The Balaban J connectivity index is 1.79. The van der Waals surface area contributed by atoms with Crippen LogP contribution >= 0.6 is 0 Å². The molecular weight excluding hydrogens is 192 g/mol. The Morgan fingerprint density at radius 3 is 2.93 bits per heavy atom. The zero-order valence-electron chi connectivity index (χ0n) is 8.90. The Morgan fingerprint density at radius 2 is 2.33 bits per heavy atom. The van der Waals surface area contributed by atoms with Gasteiger partial charge in [0.2, 0.25) is 0 Å². The highest BCUT2D eigenvalue weighted by Crippen LogP contribution is 2.19. The molecule has 82 valence electrons. The van der Waals surface area contributed by atoms with Crippen LogP contribution in [0.4, 0.5) is 0 Å². The zero-order valence-corrected chi connectivity index (χ0v) is 8.90. The topological polar surface area (TPSA) is 43.4 Å². The van der Waals surface area contributed by atoms with Crippen molar-refractivity contribution >= 4 is 0 Å². The highest BCUT2D eigenvalue weighted by atomic mass is 16.7. The Hall–Kier alpha value is -1.13. The molecule has 1 aliphatic rings. The number of pyridine rings is 1. The Kier molecular flexibility index (Phi) is 3.53. The largest absolute Gasteiger partial charge is 0.466 e. The van der Waals surface area contributed by atoms with Crippen LogP contribution in [0.15, 0.2) is 18.3 Å². The molecule has 0 aliphatic heterocycles. The first-order valence-corrected chi connectivity index (χ1v) is 5.18. The minimum Gasteiger partial charge on any atom is -0.466 e. The minimum absolute atomic E-state index is 0.265. The predicted octanol–water partition coefficient (Wildman–Crippen LogP) is 1.32. The number of rotatable bonds is 6. The molecule has 0 spiro atoms. The van der Waals surface area contributed by atoms with Gasteiger partial charge in [0.05, 0.1) is 11.9 Å². The molecule has 4 heteroatoms. The SMILES string of the molecule is COCOc1ccc(CNC2CC2)nc1. The van der Waals surface area contributed by atoms with E-state index in [1.165, 1.54) is 12.8 Å². The summed E-state index contributed by atoms with van der Waals surface area (Å²) < 4.78 is 10.0. The molecule has 2 rings (SSSR count). The summed E-state index contributed by atoms with van der Waals surface area (Å²) in [6, 6.07) is 4.60. The van der Waals surface area contributed by atoms with Gasteiger partial charge in [0.15, 0.2) is 6.79 Å². The van der Waals surface area contributed by atoms with Gasteiger partial charge in [0, 0.05) is 19.7 Å². The second kappa shape index (κ2) is 5.09. The van der Waals surface area contributed by atoms with Gasteiger partial charge in [-0.05, 0) is 25.0 Å². The molecule has 1 heterocycles. The van der Waals surface area contributed by atoms with Crippen LogP contribution in [0.5, 0.6) is 5.75 Å². The van der Waals surface area contributed by atoms with Crippen molar-refractivity contribution in [2.45, 2.75) is 25.4 Å². The summed E-state index contributed by atoms with van der Waals surface area (Å²) in [5, 5.41) is 3.41. The molecule has 0 radical (unpaired) electrons. The third kappa shape index (κ3) is 3.49. The van der Waals surface area contributed by atoms with Gasteiger partial charge in [-0.15, -0.1) is 0 Å². The Morgan fingerprint density at radius 1 is 1.47 bits per heavy atom. The van der Waals surface area contributed by atoms with E-state index in [0.29, 0.717) is 0 Å². The molecular formula is C11H16N2O2. The van der Waals surface area contributed by atoms with Gasteiger partial charge in [-0.1, -0.05) is 0 Å². The maximum atomic E-state index is 5.24. The van der Waals surface area contributed by atoms with Gasteiger partial charge in [-0.2, -0.15) is 0 Å². The lowest BCUT2D eigenvalue weighted by atomic mass is 10.3. The van der Waals surface area contributed by atoms with Crippen LogP contribution < -0.4 is 10.1 Å². The zero-order chi connectivity index (χ0) is 10.5. The molecule has 0 amide bonds. The maximum absolute atomic E-state index is 5.24. The normalized spacial score (nSPS) is 15.3. The highest BCUT2D eigenvalue weighted by Gasteiger charge is 2.19. The summed E-state index contributed by atoms with van der Waals surface area (Å²) in [4.78, 5) is 4.29. The van der Waals surface area contributed by atoms with Crippen LogP contribution in [-0.4, -0.2) is 24.9 Å². The van der Waals surface area contributed by atoms with Crippen LogP contribution in [0, 0.1) is 0 Å². The third-order valence-electron chi connectivity index (χ3n) is 2.29. The maximum Gasteiger partial charge on any atom is 0.188 e. The average molecular weight is 208 g/mol. The lowest BCUT2D eigenvalue weighted by molar-refractivity contribution is 0.0508. The van der Waals surface area contributed by atoms with Crippen LogP contribution in [0.25, 0.3) is 0 Å². The molecule has 0 atom stereocenters. The van der Waals surface area contributed by atoms with E-state index in [9.17, 15) is 0 Å². The smallest absolute Gasteiger partial charge is 0.188 e. The summed E-state index contributed by atoms with van der Waals surface area (Å²) in [6.45, 7) is 1.11. The van der Waals surface area contributed by atoms with E-state index >= 15 is 0 Å². The quantitative estimate of drug-likeness (QED) is 0.716. The molecule has 1 aromatic rings. The molecule has 15 heavy (non-hydrogen) atoms. The van der Waals surface area contributed by atoms with E-state index in [2.05, 4.69) is 10.3 Å². The monoisotopic (exact) mass is 208 g/mol. The summed E-state index contributed by atoms with van der Waals surface area (Å²) >= 11 is 0. The van der Waals surface area contributed by atoms with Gasteiger partial charge in [-0.25, -0.2) is 0 Å². The van der Waals surface area contributed by atoms with Crippen molar-refractivity contribution in [3.05, 3.63) is 24.0 Å². The number of nitrogens with one attached hydrogen (secondary N) is 1. The van der Waals surface area contributed by atoms with E-state index in [1.807, 2.05) is 12.1 Å². The minimum atomic E-state index is 0.265. The molecule has 1 N–H and O–H groups in total. The molecule has 1 saturated carbocycles. The van der Waals surface area contributed by atoms with Gasteiger partial charge < -0.3 is 14.8 Å². The molecule has 0 aromatic carbocycles. The number of methoxy groups -OCH3 is 1. The van der Waals surface area contributed by atoms with Gasteiger partial charge >= 0.3 is 0 Å². The fraction of sp³-hybridized carbons (Fsp3) is 0.545. The molecule has 4 nitrogen and oxygen atoms in total. The number of aromatic nitrogens is 1. The van der Waals surface area contributed by atoms with Gasteiger partial charge in [-0.3, -0.25) is 4.98 Å². The highest BCUT2D eigenvalue weighted by molar-refractivity contribution is 5.19. The lowest BCUT2D eigenvalue weighted by Crippen LogP contribution is -2.16.